The molecule has 0 saturated carbocycles. The molecule has 1 fully saturated rings. The number of likely N-dealkylation sites (N-methyl/N-ethyl adjacent to an activating group) is 1. The lowest BCUT2D eigenvalue weighted by atomic mass is 10.1. The molecule has 0 aromatic heterocycles. The van der Waals surface area contributed by atoms with Gasteiger partial charge in [0, 0.05) is 19.1 Å². The molecule has 134 valence electrons. The van der Waals surface area contributed by atoms with Gasteiger partial charge in [0.2, 0.25) is 10.0 Å². The van der Waals surface area contributed by atoms with E-state index in [9.17, 15) is 18.3 Å². The highest BCUT2D eigenvalue weighted by Gasteiger charge is 2.35. The molecule has 24 heavy (non-hydrogen) atoms. The third kappa shape index (κ3) is 3.48. The summed E-state index contributed by atoms with van der Waals surface area (Å²) in [6, 6.07) is 3.02. The molecule has 1 N–H and O–H groups in total. The Hall–Kier alpha value is -1.44. The highest BCUT2D eigenvalue weighted by molar-refractivity contribution is 7.89. The summed E-state index contributed by atoms with van der Waals surface area (Å²) in [5.41, 5.74) is 1.30. The van der Waals surface area contributed by atoms with Crippen molar-refractivity contribution in [2.24, 2.45) is 0 Å². The molecule has 1 atom stereocenters. The fourth-order valence-electron chi connectivity index (χ4n) is 3.32. The molecule has 0 bridgehead atoms. The number of aromatic carboxylic acids is 1. The van der Waals surface area contributed by atoms with Gasteiger partial charge in [-0.25, -0.2) is 13.2 Å². The quantitative estimate of drug-likeness (QED) is 0.846. The van der Waals surface area contributed by atoms with Crippen LogP contribution in [0.15, 0.2) is 17.0 Å². The van der Waals surface area contributed by atoms with E-state index in [1.54, 1.807) is 13.8 Å². The minimum Gasteiger partial charge on any atom is -0.478 e. The minimum atomic E-state index is -3.69. The first-order valence-corrected chi connectivity index (χ1v) is 9.75. The first-order chi connectivity index (χ1) is 11.2. The summed E-state index contributed by atoms with van der Waals surface area (Å²) >= 11 is 0. The van der Waals surface area contributed by atoms with Crippen molar-refractivity contribution in [3.05, 3.63) is 28.8 Å². The van der Waals surface area contributed by atoms with Crippen molar-refractivity contribution in [2.75, 3.05) is 26.2 Å². The zero-order valence-corrected chi connectivity index (χ0v) is 15.6. The first-order valence-electron chi connectivity index (χ1n) is 8.31. The summed E-state index contributed by atoms with van der Waals surface area (Å²) in [5.74, 6) is -1.11. The number of nitrogens with zero attached hydrogens (tertiary/aromatic N) is 2. The standard InChI is InChI=1S/C17H26N2O4S/c1-5-18(6-2)15-7-8-19(11-15)24(22,23)16-10-14(17(20)21)9-12(3)13(16)4/h9-10,15H,5-8,11H2,1-4H3,(H,20,21). The second kappa shape index (κ2) is 7.21. The van der Waals surface area contributed by atoms with E-state index in [1.807, 2.05) is 0 Å². The molecule has 0 radical (unpaired) electrons. The monoisotopic (exact) mass is 354 g/mol. The number of hydrogen-bond acceptors (Lipinski definition) is 4. The van der Waals surface area contributed by atoms with Crippen LogP contribution >= 0.6 is 0 Å². The largest absolute Gasteiger partial charge is 0.478 e. The van der Waals surface area contributed by atoms with Gasteiger partial charge in [0.25, 0.3) is 0 Å². The van der Waals surface area contributed by atoms with Crippen molar-refractivity contribution in [1.82, 2.24) is 9.21 Å². The normalized spacial score (nSPS) is 19.1. The lowest BCUT2D eigenvalue weighted by Crippen LogP contribution is -2.38. The van der Waals surface area contributed by atoms with Crippen molar-refractivity contribution in [1.29, 1.82) is 0 Å². The maximum Gasteiger partial charge on any atom is 0.335 e. The van der Waals surface area contributed by atoms with E-state index in [4.69, 9.17) is 0 Å². The van der Waals surface area contributed by atoms with Gasteiger partial charge >= 0.3 is 5.97 Å². The summed E-state index contributed by atoms with van der Waals surface area (Å²) in [6.07, 6.45) is 0.803. The molecule has 1 heterocycles. The van der Waals surface area contributed by atoms with E-state index in [2.05, 4.69) is 18.7 Å². The van der Waals surface area contributed by atoms with Gasteiger partial charge in [0.05, 0.1) is 10.5 Å². The van der Waals surface area contributed by atoms with Gasteiger partial charge in [0.1, 0.15) is 0 Å². The molecule has 1 aliphatic heterocycles. The van der Waals surface area contributed by atoms with Crippen LogP contribution in [-0.2, 0) is 10.0 Å². The Kier molecular flexibility index (Phi) is 5.67. The number of aryl methyl sites for hydroxylation is 1. The van der Waals surface area contributed by atoms with E-state index < -0.39 is 16.0 Å². The van der Waals surface area contributed by atoms with Crippen molar-refractivity contribution in [3.63, 3.8) is 0 Å². The van der Waals surface area contributed by atoms with Crippen molar-refractivity contribution < 1.29 is 18.3 Å². The predicted molar refractivity (Wildman–Crippen MR) is 93.0 cm³/mol. The third-order valence-corrected chi connectivity index (χ3v) is 6.93. The van der Waals surface area contributed by atoms with Crippen LogP contribution in [0.2, 0.25) is 0 Å². The Morgan fingerprint density at radius 3 is 2.46 bits per heavy atom. The fraction of sp³-hybridized carbons (Fsp3) is 0.588. The Morgan fingerprint density at radius 1 is 1.29 bits per heavy atom. The topological polar surface area (TPSA) is 77.9 Å². The molecule has 2 rings (SSSR count). The molecule has 1 saturated heterocycles. The van der Waals surface area contributed by atoms with Crippen molar-refractivity contribution >= 4 is 16.0 Å². The van der Waals surface area contributed by atoms with Gasteiger partial charge in [-0.3, -0.25) is 4.90 Å². The van der Waals surface area contributed by atoms with Crippen LogP contribution in [0.1, 0.15) is 41.8 Å². The molecule has 1 aromatic rings. The van der Waals surface area contributed by atoms with Crippen LogP contribution in [0.5, 0.6) is 0 Å². The summed E-state index contributed by atoms with van der Waals surface area (Å²) in [5, 5.41) is 9.22. The van der Waals surface area contributed by atoms with E-state index in [0.29, 0.717) is 24.2 Å². The summed E-state index contributed by atoms with van der Waals surface area (Å²) in [4.78, 5) is 13.6. The molecule has 7 heteroatoms. The highest BCUT2D eigenvalue weighted by atomic mass is 32.2. The minimum absolute atomic E-state index is 0.0103. The van der Waals surface area contributed by atoms with Crippen LogP contribution in [0.25, 0.3) is 0 Å². The second-order valence-corrected chi connectivity index (χ2v) is 8.15. The van der Waals surface area contributed by atoms with Crippen LogP contribution in [0, 0.1) is 13.8 Å². The van der Waals surface area contributed by atoms with Gasteiger partial charge in [-0.2, -0.15) is 4.31 Å². The number of hydrogen-bond donors (Lipinski definition) is 1. The number of rotatable bonds is 6. The molecular formula is C17H26N2O4S. The van der Waals surface area contributed by atoms with Gasteiger partial charge in [0.15, 0.2) is 0 Å². The zero-order valence-electron chi connectivity index (χ0n) is 14.7. The molecule has 0 amide bonds. The second-order valence-electron chi connectivity index (χ2n) is 6.25. The van der Waals surface area contributed by atoms with Gasteiger partial charge in [-0.15, -0.1) is 0 Å². The van der Waals surface area contributed by atoms with Crippen LogP contribution < -0.4 is 0 Å². The summed E-state index contributed by atoms with van der Waals surface area (Å²) in [6.45, 7) is 10.3. The number of sulfonamides is 1. The Morgan fingerprint density at radius 2 is 1.92 bits per heavy atom. The molecule has 1 unspecified atom stereocenters. The van der Waals surface area contributed by atoms with Crippen LogP contribution in [-0.4, -0.2) is 60.9 Å². The Labute approximate surface area is 144 Å². The average molecular weight is 354 g/mol. The molecule has 0 spiro atoms. The third-order valence-electron chi connectivity index (χ3n) is 4.94. The molecule has 6 nitrogen and oxygen atoms in total. The maximum atomic E-state index is 13.0. The highest BCUT2D eigenvalue weighted by Crippen LogP contribution is 2.28. The Bertz CT molecular complexity index is 726. The van der Waals surface area contributed by atoms with Gasteiger partial charge in [-0.05, 0) is 56.6 Å². The molecular weight excluding hydrogens is 328 g/mol. The van der Waals surface area contributed by atoms with Crippen molar-refractivity contribution in [3.8, 4) is 0 Å². The lowest BCUT2D eigenvalue weighted by molar-refractivity contribution is 0.0696. The summed E-state index contributed by atoms with van der Waals surface area (Å²) < 4.78 is 27.6. The fourth-order valence-corrected chi connectivity index (χ4v) is 5.14. The number of benzene rings is 1. The van der Waals surface area contributed by atoms with Crippen LogP contribution in [0.3, 0.4) is 0 Å². The van der Waals surface area contributed by atoms with Crippen molar-refractivity contribution in [2.45, 2.75) is 45.1 Å². The number of carbonyl (C=O) groups is 1. The van der Waals surface area contributed by atoms with Gasteiger partial charge in [-0.1, -0.05) is 13.8 Å². The number of carboxylic acids is 1. The smallest absolute Gasteiger partial charge is 0.335 e. The zero-order chi connectivity index (χ0) is 18.1. The first kappa shape index (κ1) is 18.9. The van der Waals surface area contributed by atoms with E-state index in [1.165, 1.54) is 16.4 Å². The van der Waals surface area contributed by atoms with Crippen LogP contribution in [0.4, 0.5) is 0 Å². The average Bonchev–Trinajstić information content (AvgIpc) is 3.01. The van der Waals surface area contributed by atoms with Gasteiger partial charge < -0.3 is 5.11 Å². The predicted octanol–water partition coefficient (Wildman–Crippen LogP) is 2.11. The van der Waals surface area contributed by atoms with E-state index in [0.717, 1.165) is 19.5 Å². The lowest BCUT2D eigenvalue weighted by Gasteiger charge is -2.26. The molecule has 1 aliphatic rings. The molecule has 1 aromatic carbocycles. The summed E-state index contributed by atoms with van der Waals surface area (Å²) in [7, 11) is -3.69. The molecule has 0 aliphatic carbocycles. The van der Waals surface area contributed by atoms with E-state index in [-0.39, 0.29) is 16.5 Å². The SMILES string of the molecule is CCN(CC)C1CCN(S(=O)(=O)c2cc(C(=O)O)cc(C)c2C)C1. The number of carboxylic acid groups (broad SMARTS) is 1. The Balaban J connectivity index is 2.37. The van der Waals surface area contributed by atoms with E-state index >= 15 is 0 Å². The maximum absolute atomic E-state index is 13.0.